The summed E-state index contributed by atoms with van der Waals surface area (Å²) in [7, 11) is 1.76. The molecular weight excluding hydrogens is 332 g/mol. The van der Waals surface area contributed by atoms with Crippen molar-refractivity contribution in [1.29, 1.82) is 0 Å². The fraction of sp³-hybridized carbons (Fsp3) is 0.316. The first-order valence-corrected chi connectivity index (χ1v) is 8.49. The van der Waals surface area contributed by atoms with Crippen LogP contribution in [-0.4, -0.2) is 52.9 Å². The summed E-state index contributed by atoms with van der Waals surface area (Å²) in [5.41, 5.74) is 0.868. The first-order valence-electron chi connectivity index (χ1n) is 8.49. The van der Waals surface area contributed by atoms with E-state index in [0.717, 1.165) is 5.56 Å². The van der Waals surface area contributed by atoms with Gasteiger partial charge < -0.3 is 19.9 Å². The van der Waals surface area contributed by atoms with Crippen LogP contribution >= 0.6 is 0 Å². The van der Waals surface area contributed by atoms with Crippen molar-refractivity contribution in [3.8, 4) is 11.6 Å². The number of pyridine rings is 1. The maximum absolute atomic E-state index is 12.3. The van der Waals surface area contributed by atoms with E-state index in [1.165, 1.54) is 4.90 Å². The van der Waals surface area contributed by atoms with Crippen molar-refractivity contribution in [1.82, 2.24) is 20.1 Å². The first-order chi connectivity index (χ1) is 12.5. The monoisotopic (exact) mass is 354 g/mol. The Balaban J connectivity index is 1.57. The lowest BCUT2D eigenvalue weighted by atomic mass is 10.2. The summed E-state index contributed by atoms with van der Waals surface area (Å²) < 4.78 is 5.70. The molecule has 1 N–H and O–H groups in total. The van der Waals surface area contributed by atoms with Gasteiger partial charge in [-0.05, 0) is 30.7 Å². The highest BCUT2D eigenvalue weighted by Crippen LogP contribution is 2.19. The maximum atomic E-state index is 12.3. The van der Waals surface area contributed by atoms with Crippen molar-refractivity contribution in [2.75, 3.05) is 20.1 Å². The predicted molar refractivity (Wildman–Crippen MR) is 96.8 cm³/mol. The number of rotatable bonds is 4. The smallest absolute Gasteiger partial charge is 0.318 e. The van der Waals surface area contributed by atoms with Crippen LogP contribution in [0.3, 0.4) is 0 Å². The molecule has 3 amide bonds. The van der Waals surface area contributed by atoms with E-state index in [9.17, 15) is 9.59 Å². The van der Waals surface area contributed by atoms with E-state index in [4.69, 9.17) is 4.74 Å². The van der Waals surface area contributed by atoms with Crippen LogP contribution in [0.4, 0.5) is 4.79 Å². The number of hydrogen-bond donors (Lipinski definition) is 1. The van der Waals surface area contributed by atoms with E-state index in [-0.39, 0.29) is 24.5 Å². The third-order valence-electron chi connectivity index (χ3n) is 4.36. The number of piperazine rings is 1. The average molecular weight is 354 g/mol. The van der Waals surface area contributed by atoms with Crippen LogP contribution < -0.4 is 10.1 Å². The second-order valence-corrected chi connectivity index (χ2v) is 6.31. The largest absolute Gasteiger partial charge is 0.439 e. The average Bonchev–Trinajstić information content (AvgIpc) is 2.65. The minimum atomic E-state index is -0.249. The zero-order valence-electron chi connectivity index (χ0n) is 14.9. The fourth-order valence-electron chi connectivity index (χ4n) is 2.70. The first kappa shape index (κ1) is 17.7. The molecule has 2 heterocycles. The van der Waals surface area contributed by atoms with Crippen molar-refractivity contribution in [3.63, 3.8) is 0 Å². The highest BCUT2D eigenvalue weighted by Gasteiger charge is 2.29. The Morgan fingerprint density at radius 2 is 2.08 bits per heavy atom. The molecule has 1 aliphatic rings. The Bertz CT molecular complexity index is 781. The van der Waals surface area contributed by atoms with Gasteiger partial charge in [-0.3, -0.25) is 4.79 Å². The molecule has 0 saturated carbocycles. The van der Waals surface area contributed by atoms with Crippen molar-refractivity contribution in [2.45, 2.75) is 19.5 Å². The number of likely N-dealkylation sites (N-methyl/N-ethyl adjacent to an activating group) is 1. The summed E-state index contributed by atoms with van der Waals surface area (Å²) >= 11 is 0. The lowest BCUT2D eigenvalue weighted by Gasteiger charge is -2.37. The summed E-state index contributed by atoms with van der Waals surface area (Å²) in [6.45, 7) is 2.88. The quantitative estimate of drug-likeness (QED) is 0.914. The van der Waals surface area contributed by atoms with E-state index < -0.39 is 0 Å². The number of urea groups is 1. The van der Waals surface area contributed by atoms with Crippen LogP contribution in [0.25, 0.3) is 0 Å². The molecule has 136 valence electrons. The van der Waals surface area contributed by atoms with Gasteiger partial charge in [0.2, 0.25) is 11.8 Å². The maximum Gasteiger partial charge on any atom is 0.318 e. The van der Waals surface area contributed by atoms with Crippen LogP contribution in [0.15, 0.2) is 48.7 Å². The molecule has 1 atom stereocenters. The number of carbonyl (C=O) groups is 2. The standard InChI is InChI=1S/C19H22N4O3/c1-14-12-23(13-18(24)22(14)2)19(25)21-11-15-8-9-20-17(10-15)26-16-6-4-3-5-7-16/h3-10,14H,11-13H2,1-2H3,(H,21,25). The normalized spacial score (nSPS) is 17.2. The summed E-state index contributed by atoms with van der Waals surface area (Å²) in [6, 6.07) is 12.7. The van der Waals surface area contributed by atoms with Gasteiger partial charge in [-0.2, -0.15) is 0 Å². The van der Waals surface area contributed by atoms with Gasteiger partial charge in [0, 0.05) is 38.4 Å². The highest BCUT2D eigenvalue weighted by molar-refractivity contribution is 5.85. The third-order valence-corrected chi connectivity index (χ3v) is 4.36. The minimum absolute atomic E-state index is 0.00815. The van der Waals surface area contributed by atoms with E-state index in [1.54, 1.807) is 24.2 Å². The molecule has 0 spiro atoms. The number of aromatic nitrogens is 1. The molecule has 7 heteroatoms. The van der Waals surface area contributed by atoms with Crippen LogP contribution in [0, 0.1) is 0 Å². The van der Waals surface area contributed by atoms with E-state index in [0.29, 0.717) is 24.7 Å². The number of nitrogens with one attached hydrogen (secondary N) is 1. The zero-order chi connectivity index (χ0) is 18.5. The molecule has 0 bridgehead atoms. The number of benzene rings is 1. The van der Waals surface area contributed by atoms with Crippen molar-refractivity contribution >= 4 is 11.9 Å². The lowest BCUT2D eigenvalue weighted by molar-refractivity contribution is -0.135. The number of para-hydroxylation sites is 1. The van der Waals surface area contributed by atoms with E-state index in [1.807, 2.05) is 43.3 Å². The summed E-state index contributed by atoms with van der Waals surface area (Å²) in [4.78, 5) is 31.6. The predicted octanol–water partition coefficient (Wildman–Crippen LogP) is 2.25. The fourth-order valence-corrected chi connectivity index (χ4v) is 2.70. The summed E-state index contributed by atoms with van der Waals surface area (Å²) in [6.07, 6.45) is 1.64. The summed E-state index contributed by atoms with van der Waals surface area (Å²) in [5, 5.41) is 2.85. The van der Waals surface area contributed by atoms with E-state index >= 15 is 0 Å². The van der Waals surface area contributed by atoms with Gasteiger partial charge in [-0.25, -0.2) is 9.78 Å². The molecule has 1 aromatic carbocycles. The molecule has 1 saturated heterocycles. The molecule has 1 unspecified atom stereocenters. The van der Waals surface area contributed by atoms with Gasteiger partial charge in [-0.15, -0.1) is 0 Å². The Kier molecular flexibility index (Phi) is 5.36. The van der Waals surface area contributed by atoms with Crippen LogP contribution in [-0.2, 0) is 11.3 Å². The molecule has 1 aliphatic heterocycles. The Labute approximate surface area is 152 Å². The van der Waals surface area contributed by atoms with Gasteiger partial charge in [0.25, 0.3) is 0 Å². The molecule has 3 rings (SSSR count). The van der Waals surface area contributed by atoms with Gasteiger partial charge >= 0.3 is 6.03 Å². The Morgan fingerprint density at radius 3 is 2.81 bits per heavy atom. The molecule has 7 nitrogen and oxygen atoms in total. The topological polar surface area (TPSA) is 74.8 Å². The highest BCUT2D eigenvalue weighted by atomic mass is 16.5. The number of carbonyl (C=O) groups excluding carboxylic acids is 2. The van der Waals surface area contributed by atoms with Crippen molar-refractivity contribution in [3.05, 3.63) is 54.2 Å². The van der Waals surface area contributed by atoms with Gasteiger partial charge in [0.1, 0.15) is 12.3 Å². The Hall–Kier alpha value is -3.09. The SMILES string of the molecule is CC1CN(C(=O)NCc2ccnc(Oc3ccccc3)c2)CC(=O)N1C. The van der Waals surface area contributed by atoms with Gasteiger partial charge in [0.15, 0.2) is 0 Å². The number of nitrogens with zero attached hydrogens (tertiary/aromatic N) is 3. The Morgan fingerprint density at radius 1 is 1.31 bits per heavy atom. The molecule has 2 aromatic rings. The van der Waals surface area contributed by atoms with Crippen LogP contribution in [0.2, 0.25) is 0 Å². The van der Waals surface area contributed by atoms with Crippen LogP contribution in [0.1, 0.15) is 12.5 Å². The van der Waals surface area contributed by atoms with Gasteiger partial charge in [0.05, 0.1) is 0 Å². The number of ether oxygens (including phenoxy) is 1. The molecule has 0 aliphatic carbocycles. The van der Waals surface area contributed by atoms with E-state index in [2.05, 4.69) is 10.3 Å². The third kappa shape index (κ3) is 4.30. The molecule has 0 radical (unpaired) electrons. The zero-order valence-corrected chi connectivity index (χ0v) is 14.9. The number of hydrogen-bond acceptors (Lipinski definition) is 4. The minimum Gasteiger partial charge on any atom is -0.439 e. The second-order valence-electron chi connectivity index (χ2n) is 6.31. The molecule has 1 fully saturated rings. The summed E-state index contributed by atoms with van der Waals surface area (Å²) in [5.74, 6) is 1.11. The van der Waals surface area contributed by atoms with Crippen LogP contribution in [0.5, 0.6) is 11.6 Å². The molecular formula is C19H22N4O3. The molecule has 1 aromatic heterocycles. The van der Waals surface area contributed by atoms with Crippen molar-refractivity contribution in [2.24, 2.45) is 0 Å². The van der Waals surface area contributed by atoms with Crippen molar-refractivity contribution < 1.29 is 14.3 Å². The number of amides is 3. The second kappa shape index (κ2) is 7.86. The lowest BCUT2D eigenvalue weighted by Crippen LogP contribution is -2.57. The van der Waals surface area contributed by atoms with Gasteiger partial charge in [-0.1, -0.05) is 18.2 Å². The molecule has 26 heavy (non-hydrogen) atoms.